The first-order valence-corrected chi connectivity index (χ1v) is 6.11. The molecule has 3 N–H and O–H groups in total. The number of hydrogen-bond donors (Lipinski definition) is 3. The van der Waals surface area contributed by atoms with Crippen molar-refractivity contribution >= 4 is 30.7 Å². The number of aromatic nitrogens is 3. The Balaban J connectivity index is 0.00000200. The van der Waals surface area contributed by atoms with Gasteiger partial charge in [-0.2, -0.15) is 5.10 Å². The van der Waals surface area contributed by atoms with Gasteiger partial charge in [0.15, 0.2) is 0 Å². The predicted octanol–water partition coefficient (Wildman–Crippen LogP) is 1.65. The van der Waals surface area contributed by atoms with Crippen LogP contribution in [0.4, 0.5) is 0 Å². The molecule has 0 radical (unpaired) electrons. The van der Waals surface area contributed by atoms with Gasteiger partial charge >= 0.3 is 0 Å². The maximum absolute atomic E-state index is 12.1. The summed E-state index contributed by atoms with van der Waals surface area (Å²) in [5.41, 5.74) is 2.13. The summed E-state index contributed by atoms with van der Waals surface area (Å²) in [7, 11) is 1.86. The summed E-state index contributed by atoms with van der Waals surface area (Å²) in [6.07, 6.45) is 4.90. The van der Waals surface area contributed by atoms with Crippen LogP contribution in [0.15, 0.2) is 30.7 Å². The first kappa shape index (κ1) is 19.4. The third-order valence-corrected chi connectivity index (χ3v) is 2.91. The number of aromatic amines is 1. The van der Waals surface area contributed by atoms with E-state index in [0.717, 1.165) is 5.56 Å². The van der Waals surface area contributed by atoms with Crippen molar-refractivity contribution in [3.63, 3.8) is 0 Å². The molecule has 0 aliphatic heterocycles. The second-order valence-electron chi connectivity index (χ2n) is 4.29. The normalized spacial score (nSPS) is 11.0. The Morgan fingerprint density at radius 3 is 2.62 bits per heavy atom. The maximum atomic E-state index is 12.1. The van der Waals surface area contributed by atoms with Crippen molar-refractivity contribution in [1.29, 1.82) is 0 Å². The summed E-state index contributed by atoms with van der Waals surface area (Å²) >= 11 is 0. The van der Waals surface area contributed by atoms with Gasteiger partial charge in [0.25, 0.3) is 5.91 Å². The molecule has 0 fully saturated rings. The Bertz CT molecular complexity index is 547. The van der Waals surface area contributed by atoms with E-state index >= 15 is 0 Å². The highest BCUT2D eigenvalue weighted by molar-refractivity contribution is 5.99. The van der Waals surface area contributed by atoms with Crippen LogP contribution in [0.3, 0.4) is 0 Å². The van der Waals surface area contributed by atoms with E-state index in [1.165, 1.54) is 6.20 Å². The van der Waals surface area contributed by atoms with Crippen molar-refractivity contribution in [2.24, 2.45) is 0 Å². The summed E-state index contributed by atoms with van der Waals surface area (Å²) in [6.45, 7) is 2.57. The fourth-order valence-electron chi connectivity index (χ4n) is 1.64. The van der Waals surface area contributed by atoms with Crippen molar-refractivity contribution in [3.05, 3.63) is 36.3 Å². The monoisotopic (exact) mass is 331 g/mol. The van der Waals surface area contributed by atoms with Gasteiger partial charge in [-0.05, 0) is 26.1 Å². The quantitative estimate of drug-likeness (QED) is 0.778. The van der Waals surface area contributed by atoms with Gasteiger partial charge in [0, 0.05) is 30.5 Å². The van der Waals surface area contributed by atoms with E-state index in [1.807, 2.05) is 26.1 Å². The fraction of sp³-hybridized carbons (Fsp3) is 0.308. The maximum Gasteiger partial charge on any atom is 0.255 e. The number of carbonyl (C=O) groups excluding carboxylic acids is 1. The number of likely N-dealkylation sites (N-methyl/N-ethyl adjacent to an activating group) is 1. The van der Waals surface area contributed by atoms with Gasteiger partial charge in [-0.1, -0.05) is 0 Å². The van der Waals surface area contributed by atoms with Crippen LogP contribution in [0.2, 0.25) is 0 Å². The van der Waals surface area contributed by atoms with Crippen molar-refractivity contribution < 1.29 is 4.79 Å². The molecule has 2 heterocycles. The van der Waals surface area contributed by atoms with Crippen LogP contribution in [0.5, 0.6) is 0 Å². The summed E-state index contributed by atoms with van der Waals surface area (Å²) in [4.78, 5) is 16.1. The second-order valence-corrected chi connectivity index (χ2v) is 4.29. The number of amides is 1. The molecule has 6 nitrogen and oxygen atoms in total. The molecular formula is C13H19Cl2N5O. The van der Waals surface area contributed by atoms with E-state index in [0.29, 0.717) is 17.8 Å². The zero-order valence-electron chi connectivity index (χ0n) is 11.8. The average molecular weight is 332 g/mol. The highest BCUT2D eigenvalue weighted by atomic mass is 35.5. The standard InChI is InChI=1S/C13H17N5O.2ClH/c1-9(14-2)7-16-13(19)11-8-17-18-12(11)10-3-5-15-6-4-10;;/h3-6,8-9,14H,7H2,1-2H3,(H,16,19)(H,17,18);2*1H. The Hall–Kier alpha value is -1.63. The lowest BCUT2D eigenvalue weighted by Gasteiger charge is -2.11. The van der Waals surface area contributed by atoms with Crippen molar-refractivity contribution in [2.45, 2.75) is 13.0 Å². The third-order valence-electron chi connectivity index (χ3n) is 2.91. The zero-order chi connectivity index (χ0) is 13.7. The predicted molar refractivity (Wildman–Crippen MR) is 87.2 cm³/mol. The van der Waals surface area contributed by atoms with E-state index < -0.39 is 0 Å². The number of H-pyrrole nitrogens is 1. The van der Waals surface area contributed by atoms with Crippen LogP contribution in [-0.4, -0.2) is 40.7 Å². The summed E-state index contributed by atoms with van der Waals surface area (Å²) < 4.78 is 0. The minimum Gasteiger partial charge on any atom is -0.350 e. The minimum absolute atomic E-state index is 0. The van der Waals surface area contributed by atoms with Gasteiger partial charge < -0.3 is 10.6 Å². The van der Waals surface area contributed by atoms with Crippen LogP contribution >= 0.6 is 24.8 Å². The van der Waals surface area contributed by atoms with Crippen LogP contribution in [-0.2, 0) is 0 Å². The average Bonchev–Trinajstić information content (AvgIpc) is 2.94. The molecule has 0 saturated carbocycles. The van der Waals surface area contributed by atoms with E-state index in [9.17, 15) is 4.79 Å². The molecule has 2 aromatic heterocycles. The molecule has 0 spiro atoms. The van der Waals surface area contributed by atoms with Gasteiger partial charge in [0.1, 0.15) is 0 Å². The van der Waals surface area contributed by atoms with Crippen LogP contribution in [0.1, 0.15) is 17.3 Å². The van der Waals surface area contributed by atoms with E-state index in [1.54, 1.807) is 12.4 Å². The smallest absolute Gasteiger partial charge is 0.255 e. The topological polar surface area (TPSA) is 82.7 Å². The van der Waals surface area contributed by atoms with E-state index in [-0.39, 0.29) is 36.8 Å². The molecule has 8 heteroatoms. The lowest BCUT2D eigenvalue weighted by molar-refractivity contribution is 0.0951. The highest BCUT2D eigenvalue weighted by Gasteiger charge is 2.15. The number of nitrogens with zero attached hydrogens (tertiary/aromatic N) is 2. The fourth-order valence-corrected chi connectivity index (χ4v) is 1.64. The summed E-state index contributed by atoms with van der Waals surface area (Å²) in [6, 6.07) is 3.89. The molecule has 0 aromatic carbocycles. The Kier molecular flexibility index (Phi) is 8.61. The molecule has 1 amide bonds. The van der Waals surface area contributed by atoms with Gasteiger partial charge in [0.05, 0.1) is 17.5 Å². The van der Waals surface area contributed by atoms with Gasteiger partial charge in [-0.15, -0.1) is 24.8 Å². The number of carbonyl (C=O) groups is 1. The Morgan fingerprint density at radius 2 is 2.00 bits per heavy atom. The van der Waals surface area contributed by atoms with Crippen LogP contribution in [0, 0.1) is 0 Å². The van der Waals surface area contributed by atoms with E-state index in [4.69, 9.17) is 0 Å². The highest BCUT2D eigenvalue weighted by Crippen LogP contribution is 2.19. The number of pyridine rings is 1. The molecule has 1 unspecified atom stereocenters. The van der Waals surface area contributed by atoms with Crippen LogP contribution in [0.25, 0.3) is 11.3 Å². The molecule has 2 aromatic rings. The molecule has 1 atom stereocenters. The number of rotatable bonds is 5. The number of hydrogen-bond acceptors (Lipinski definition) is 4. The first-order chi connectivity index (χ1) is 9.22. The summed E-state index contributed by atoms with van der Waals surface area (Å²) in [5.74, 6) is -0.136. The largest absolute Gasteiger partial charge is 0.350 e. The molecule has 0 aliphatic carbocycles. The Labute approximate surface area is 135 Å². The van der Waals surface area contributed by atoms with Crippen LogP contribution < -0.4 is 10.6 Å². The molecule has 0 saturated heterocycles. The molecule has 21 heavy (non-hydrogen) atoms. The Morgan fingerprint density at radius 1 is 1.33 bits per heavy atom. The van der Waals surface area contributed by atoms with Gasteiger partial charge in [0.2, 0.25) is 0 Å². The SMILES string of the molecule is CNC(C)CNC(=O)c1cn[nH]c1-c1ccncc1.Cl.Cl. The number of halogens is 2. The van der Waals surface area contributed by atoms with Crippen molar-refractivity contribution in [3.8, 4) is 11.3 Å². The molecule has 0 aliphatic rings. The molecule has 2 rings (SSSR count). The van der Waals surface area contributed by atoms with Gasteiger partial charge in [-0.25, -0.2) is 0 Å². The lowest BCUT2D eigenvalue weighted by Crippen LogP contribution is -2.37. The summed E-state index contributed by atoms with van der Waals surface area (Å²) in [5, 5.41) is 12.7. The third kappa shape index (κ3) is 5.00. The number of nitrogens with one attached hydrogen (secondary N) is 3. The van der Waals surface area contributed by atoms with Crippen molar-refractivity contribution in [2.75, 3.05) is 13.6 Å². The second kappa shape index (κ2) is 9.33. The van der Waals surface area contributed by atoms with Crippen molar-refractivity contribution in [1.82, 2.24) is 25.8 Å². The molecule has 0 bridgehead atoms. The van der Waals surface area contributed by atoms with Gasteiger partial charge in [-0.3, -0.25) is 14.9 Å². The minimum atomic E-state index is -0.136. The molecular weight excluding hydrogens is 313 g/mol. The van der Waals surface area contributed by atoms with E-state index in [2.05, 4.69) is 25.8 Å². The zero-order valence-corrected chi connectivity index (χ0v) is 13.4. The molecule has 116 valence electrons. The lowest BCUT2D eigenvalue weighted by atomic mass is 10.1. The first-order valence-electron chi connectivity index (χ1n) is 6.11.